The van der Waals surface area contributed by atoms with Crippen LogP contribution in [0.15, 0.2) is 28.7 Å². The van der Waals surface area contributed by atoms with Gasteiger partial charge in [-0.1, -0.05) is 17.8 Å². The van der Waals surface area contributed by atoms with E-state index in [4.69, 9.17) is 5.73 Å². The van der Waals surface area contributed by atoms with E-state index in [-0.39, 0.29) is 11.3 Å². The third-order valence-electron chi connectivity index (χ3n) is 2.39. The number of hydrogen-bond acceptors (Lipinski definition) is 5. The van der Waals surface area contributed by atoms with E-state index in [1.807, 2.05) is 13.0 Å². The molecular weight excluding hydrogens is 282 g/mol. The lowest BCUT2D eigenvalue weighted by Gasteiger charge is -2.08. The monoisotopic (exact) mass is 295 g/mol. The molecule has 2 aromatic heterocycles. The summed E-state index contributed by atoms with van der Waals surface area (Å²) in [6, 6.07) is 1.83. The predicted octanol–water partition coefficient (Wildman–Crippen LogP) is 1.53. The molecule has 1 amide bonds. The van der Waals surface area contributed by atoms with E-state index < -0.39 is 5.91 Å². The van der Waals surface area contributed by atoms with Crippen LogP contribution in [0.3, 0.4) is 0 Å². The average Bonchev–Trinajstić information content (AvgIpc) is 2.71. The Morgan fingerprint density at radius 1 is 1.68 bits per heavy atom. The summed E-state index contributed by atoms with van der Waals surface area (Å²) in [6.07, 6.45) is 1.63. The standard InChI is InChI=1S/C12H13N3O2S2/c1-3-4-15-11(17)8-5-7(2)19-10(8)14-12(15)18-6-9(13)16/h3,5H,1,4,6H2,2H3,(H2,13,16). The molecule has 0 aromatic carbocycles. The minimum Gasteiger partial charge on any atom is -0.369 e. The van der Waals surface area contributed by atoms with Crippen LogP contribution < -0.4 is 11.3 Å². The van der Waals surface area contributed by atoms with Crippen molar-refractivity contribution in [2.75, 3.05) is 5.75 Å². The highest BCUT2D eigenvalue weighted by atomic mass is 32.2. The van der Waals surface area contributed by atoms with Gasteiger partial charge in [-0.2, -0.15) is 0 Å². The Morgan fingerprint density at radius 2 is 2.42 bits per heavy atom. The van der Waals surface area contributed by atoms with Gasteiger partial charge in [0.25, 0.3) is 5.56 Å². The van der Waals surface area contributed by atoms with Crippen LogP contribution in [0.1, 0.15) is 4.88 Å². The molecule has 19 heavy (non-hydrogen) atoms. The fraction of sp³-hybridized carbons (Fsp3) is 0.250. The fourth-order valence-corrected chi connectivity index (χ4v) is 3.32. The largest absolute Gasteiger partial charge is 0.369 e. The van der Waals surface area contributed by atoms with E-state index in [0.717, 1.165) is 4.88 Å². The van der Waals surface area contributed by atoms with Gasteiger partial charge in [0.05, 0.1) is 11.1 Å². The van der Waals surface area contributed by atoms with Gasteiger partial charge < -0.3 is 5.73 Å². The van der Waals surface area contributed by atoms with E-state index in [1.54, 1.807) is 6.08 Å². The number of amides is 1. The summed E-state index contributed by atoms with van der Waals surface area (Å²) in [5.41, 5.74) is 5.02. The van der Waals surface area contributed by atoms with Crippen molar-refractivity contribution in [1.82, 2.24) is 9.55 Å². The van der Waals surface area contributed by atoms with Gasteiger partial charge >= 0.3 is 0 Å². The van der Waals surface area contributed by atoms with Crippen LogP contribution in [0.4, 0.5) is 0 Å². The molecule has 0 fully saturated rings. The van der Waals surface area contributed by atoms with Crippen LogP contribution in [0.5, 0.6) is 0 Å². The lowest BCUT2D eigenvalue weighted by Crippen LogP contribution is -2.23. The number of carbonyl (C=O) groups is 1. The van der Waals surface area contributed by atoms with Crippen molar-refractivity contribution >= 4 is 39.2 Å². The summed E-state index contributed by atoms with van der Waals surface area (Å²) in [5, 5.41) is 1.10. The Kier molecular flexibility index (Phi) is 4.06. The second-order valence-corrected chi connectivity index (χ2v) is 6.11. The van der Waals surface area contributed by atoms with E-state index in [2.05, 4.69) is 11.6 Å². The van der Waals surface area contributed by atoms with E-state index in [9.17, 15) is 9.59 Å². The molecule has 2 aromatic rings. The molecule has 0 saturated carbocycles. The Morgan fingerprint density at radius 3 is 3.05 bits per heavy atom. The Balaban J connectivity index is 2.58. The van der Waals surface area contributed by atoms with Crippen molar-refractivity contribution in [1.29, 1.82) is 0 Å². The molecule has 0 aliphatic rings. The summed E-state index contributed by atoms with van der Waals surface area (Å²) < 4.78 is 1.51. The van der Waals surface area contributed by atoms with Gasteiger partial charge in [-0.3, -0.25) is 14.2 Å². The molecule has 0 aliphatic carbocycles. The zero-order chi connectivity index (χ0) is 14.0. The minimum atomic E-state index is -0.438. The van der Waals surface area contributed by atoms with E-state index >= 15 is 0 Å². The first-order chi connectivity index (χ1) is 9.02. The maximum absolute atomic E-state index is 12.3. The number of fused-ring (bicyclic) bond motifs is 1. The van der Waals surface area contributed by atoms with Crippen LogP contribution in [-0.4, -0.2) is 21.2 Å². The molecule has 0 radical (unpaired) electrons. The average molecular weight is 295 g/mol. The molecule has 2 rings (SSSR count). The number of nitrogens with zero attached hydrogens (tertiary/aromatic N) is 2. The number of thiophene rings is 1. The first kappa shape index (κ1) is 13.8. The lowest BCUT2D eigenvalue weighted by molar-refractivity contribution is -0.115. The van der Waals surface area contributed by atoms with Crippen LogP contribution >= 0.6 is 23.1 Å². The number of primary amides is 1. The number of allylic oxidation sites excluding steroid dienone is 1. The smallest absolute Gasteiger partial charge is 0.263 e. The van der Waals surface area contributed by atoms with Gasteiger partial charge in [-0.25, -0.2) is 4.98 Å². The fourth-order valence-electron chi connectivity index (χ4n) is 1.65. The zero-order valence-electron chi connectivity index (χ0n) is 10.4. The zero-order valence-corrected chi connectivity index (χ0v) is 12.0. The molecule has 0 saturated heterocycles. The van der Waals surface area contributed by atoms with Crippen molar-refractivity contribution in [2.24, 2.45) is 5.73 Å². The second kappa shape index (κ2) is 5.58. The molecule has 2 heterocycles. The quantitative estimate of drug-likeness (QED) is 0.515. The van der Waals surface area contributed by atoms with Crippen molar-refractivity contribution in [3.8, 4) is 0 Å². The van der Waals surface area contributed by atoms with Crippen molar-refractivity contribution in [2.45, 2.75) is 18.6 Å². The third kappa shape index (κ3) is 2.87. The molecule has 7 heteroatoms. The third-order valence-corrected chi connectivity index (χ3v) is 4.34. The summed E-state index contributed by atoms with van der Waals surface area (Å²) in [6.45, 7) is 5.92. The summed E-state index contributed by atoms with van der Waals surface area (Å²) in [5.74, 6) is -0.341. The minimum absolute atomic E-state index is 0.0967. The van der Waals surface area contributed by atoms with Crippen molar-refractivity contribution in [3.63, 3.8) is 0 Å². The molecule has 0 bridgehead atoms. The maximum Gasteiger partial charge on any atom is 0.263 e. The first-order valence-corrected chi connectivity index (χ1v) is 7.36. The number of hydrogen-bond donors (Lipinski definition) is 1. The number of nitrogens with two attached hydrogens (primary N) is 1. The Labute approximate surface area is 118 Å². The summed E-state index contributed by atoms with van der Waals surface area (Å²) >= 11 is 2.63. The SMILES string of the molecule is C=CCn1c(SCC(N)=O)nc2sc(C)cc2c1=O. The van der Waals surface area contributed by atoms with Gasteiger partial charge in [0.1, 0.15) is 4.83 Å². The van der Waals surface area contributed by atoms with Gasteiger partial charge in [0.15, 0.2) is 5.16 Å². The van der Waals surface area contributed by atoms with E-state index in [1.165, 1.54) is 27.7 Å². The second-order valence-electron chi connectivity index (χ2n) is 3.93. The summed E-state index contributed by atoms with van der Waals surface area (Å²) in [4.78, 5) is 29.4. The highest BCUT2D eigenvalue weighted by Crippen LogP contribution is 2.23. The van der Waals surface area contributed by atoms with Crippen molar-refractivity contribution < 1.29 is 4.79 Å². The number of rotatable bonds is 5. The number of thioether (sulfide) groups is 1. The highest BCUT2D eigenvalue weighted by molar-refractivity contribution is 7.99. The number of aryl methyl sites for hydroxylation is 1. The first-order valence-electron chi connectivity index (χ1n) is 5.56. The van der Waals surface area contributed by atoms with Crippen molar-refractivity contribution in [3.05, 3.63) is 34.0 Å². The molecule has 0 spiro atoms. The number of aromatic nitrogens is 2. The predicted molar refractivity (Wildman–Crippen MR) is 78.7 cm³/mol. The van der Waals surface area contributed by atoms with Crippen LogP contribution in [0.2, 0.25) is 0 Å². The molecule has 0 aliphatic heterocycles. The molecular formula is C12H13N3O2S2. The topological polar surface area (TPSA) is 78.0 Å². The molecule has 2 N–H and O–H groups in total. The highest BCUT2D eigenvalue weighted by Gasteiger charge is 2.13. The van der Waals surface area contributed by atoms with Crippen LogP contribution in [0.25, 0.3) is 10.2 Å². The lowest BCUT2D eigenvalue weighted by atomic mass is 10.3. The molecule has 0 atom stereocenters. The van der Waals surface area contributed by atoms with Gasteiger partial charge in [-0.15, -0.1) is 17.9 Å². The van der Waals surface area contributed by atoms with Crippen LogP contribution in [0, 0.1) is 6.92 Å². The number of carbonyl (C=O) groups excluding carboxylic acids is 1. The van der Waals surface area contributed by atoms with Gasteiger partial charge in [-0.05, 0) is 13.0 Å². The van der Waals surface area contributed by atoms with E-state index in [0.29, 0.717) is 21.9 Å². The molecule has 100 valence electrons. The van der Waals surface area contributed by atoms with Gasteiger partial charge in [0, 0.05) is 11.4 Å². The summed E-state index contributed by atoms with van der Waals surface area (Å²) in [7, 11) is 0. The van der Waals surface area contributed by atoms with Crippen LogP contribution in [-0.2, 0) is 11.3 Å². The Hall–Kier alpha value is -1.60. The van der Waals surface area contributed by atoms with Gasteiger partial charge in [0.2, 0.25) is 5.91 Å². The molecule has 0 unspecified atom stereocenters. The molecule has 5 nitrogen and oxygen atoms in total. The Bertz CT molecular complexity index is 703. The normalized spacial score (nSPS) is 10.8. The maximum atomic E-state index is 12.3.